The van der Waals surface area contributed by atoms with Gasteiger partial charge >= 0.3 is 0 Å². The lowest BCUT2D eigenvalue weighted by atomic mass is 10.1. The van der Waals surface area contributed by atoms with Crippen LogP contribution in [0.1, 0.15) is 21.1 Å². The predicted molar refractivity (Wildman–Crippen MR) is 143 cm³/mol. The molecule has 1 aliphatic heterocycles. The first-order valence-corrected chi connectivity index (χ1v) is 12.6. The van der Waals surface area contributed by atoms with E-state index < -0.39 is 0 Å². The summed E-state index contributed by atoms with van der Waals surface area (Å²) in [6.45, 7) is 6.73. The molecule has 0 radical (unpaired) electrons. The molecular weight excluding hydrogens is 498 g/mol. The summed E-state index contributed by atoms with van der Waals surface area (Å²) in [6, 6.07) is 11.3. The summed E-state index contributed by atoms with van der Waals surface area (Å²) in [7, 11) is 0. The van der Waals surface area contributed by atoms with E-state index in [0.29, 0.717) is 45.6 Å². The van der Waals surface area contributed by atoms with Gasteiger partial charge in [-0.15, -0.1) is 0 Å². The average molecular weight is 522 g/mol. The molecule has 5 rings (SSSR count). The highest BCUT2D eigenvalue weighted by atomic mass is 35.5. The number of ether oxygens (including phenoxy) is 1. The van der Waals surface area contributed by atoms with Crippen LogP contribution in [-0.2, 0) is 4.74 Å². The van der Waals surface area contributed by atoms with Gasteiger partial charge in [0.15, 0.2) is 5.13 Å². The van der Waals surface area contributed by atoms with Crippen molar-refractivity contribution in [2.45, 2.75) is 13.8 Å². The number of pyridine rings is 1. The number of benzene rings is 1. The Balaban J connectivity index is 1.33. The van der Waals surface area contributed by atoms with Gasteiger partial charge in [-0.1, -0.05) is 35.1 Å². The van der Waals surface area contributed by atoms with Crippen LogP contribution in [0.2, 0.25) is 5.02 Å². The molecule has 3 aromatic heterocycles. The molecule has 11 heteroatoms. The lowest BCUT2D eigenvalue weighted by molar-refractivity contribution is 0.103. The number of nitrogens with zero attached hydrogens (tertiary/aromatic N) is 5. The van der Waals surface area contributed by atoms with Crippen molar-refractivity contribution in [3.8, 4) is 11.3 Å². The molecule has 0 saturated carbocycles. The van der Waals surface area contributed by atoms with E-state index in [4.69, 9.17) is 16.3 Å². The lowest BCUT2D eigenvalue weighted by Gasteiger charge is -2.28. The van der Waals surface area contributed by atoms with Crippen LogP contribution in [0, 0.1) is 13.8 Å². The van der Waals surface area contributed by atoms with Crippen molar-refractivity contribution in [2.75, 3.05) is 41.8 Å². The van der Waals surface area contributed by atoms with Crippen molar-refractivity contribution in [1.82, 2.24) is 19.9 Å². The Morgan fingerprint density at radius 1 is 1.11 bits per heavy atom. The molecule has 2 N–H and O–H groups in total. The Morgan fingerprint density at radius 2 is 1.94 bits per heavy atom. The zero-order valence-corrected chi connectivity index (χ0v) is 21.4. The summed E-state index contributed by atoms with van der Waals surface area (Å²) >= 11 is 7.47. The van der Waals surface area contributed by atoms with E-state index >= 15 is 0 Å². The van der Waals surface area contributed by atoms with E-state index in [1.165, 1.54) is 17.5 Å². The third-order valence-corrected chi connectivity index (χ3v) is 6.87. The lowest BCUT2D eigenvalue weighted by Crippen LogP contribution is -2.36. The molecule has 1 aromatic carbocycles. The molecule has 4 heterocycles. The van der Waals surface area contributed by atoms with Gasteiger partial charge in [0.1, 0.15) is 22.3 Å². The number of hydrogen-bond donors (Lipinski definition) is 2. The summed E-state index contributed by atoms with van der Waals surface area (Å²) in [5.74, 6) is 1.82. The third kappa shape index (κ3) is 5.46. The Morgan fingerprint density at radius 3 is 2.75 bits per heavy atom. The van der Waals surface area contributed by atoms with Crippen LogP contribution in [0.5, 0.6) is 0 Å². The maximum Gasteiger partial charge on any atom is 0.267 e. The maximum absolute atomic E-state index is 12.8. The number of aromatic nitrogens is 4. The van der Waals surface area contributed by atoms with E-state index in [1.54, 1.807) is 12.3 Å². The SMILES string of the molecule is Cc1nc(Nc2ncc(C(=O)Nc3c(C)cccc3Cl)s2)cc(-c2ccnc(N3CCOCC3)c2)n1. The second-order valence-corrected chi connectivity index (χ2v) is 9.67. The van der Waals surface area contributed by atoms with Crippen molar-refractivity contribution < 1.29 is 9.53 Å². The van der Waals surface area contributed by atoms with E-state index in [0.717, 1.165) is 35.7 Å². The topological polar surface area (TPSA) is 105 Å². The minimum atomic E-state index is -0.274. The number of anilines is 4. The highest BCUT2D eigenvalue weighted by molar-refractivity contribution is 7.17. The first-order valence-electron chi connectivity index (χ1n) is 11.4. The van der Waals surface area contributed by atoms with Gasteiger partial charge in [0, 0.05) is 30.9 Å². The molecule has 1 fully saturated rings. The third-order valence-electron chi connectivity index (χ3n) is 5.64. The van der Waals surface area contributed by atoms with Gasteiger partial charge in [-0.3, -0.25) is 4.79 Å². The van der Waals surface area contributed by atoms with E-state index in [-0.39, 0.29) is 5.91 Å². The van der Waals surface area contributed by atoms with Crippen molar-refractivity contribution in [3.05, 3.63) is 70.1 Å². The standard InChI is InChI=1S/C25H24ClN7O2S/c1-15-4-3-5-18(26)23(15)32-24(34)20-14-28-25(36-20)31-21-13-19(29-16(2)30-21)17-6-7-27-22(12-17)33-8-10-35-11-9-33/h3-7,12-14H,8-11H2,1-2H3,(H,32,34)(H,28,29,30,31). The fourth-order valence-corrected chi connectivity index (χ4v) is 4.82. The Bertz CT molecular complexity index is 1380. The average Bonchev–Trinajstić information content (AvgIpc) is 3.35. The summed E-state index contributed by atoms with van der Waals surface area (Å²) in [5.41, 5.74) is 3.19. The molecule has 1 amide bonds. The number of amides is 1. The number of aryl methyl sites for hydroxylation is 2. The highest BCUT2D eigenvalue weighted by Crippen LogP contribution is 2.29. The monoisotopic (exact) mass is 521 g/mol. The van der Waals surface area contributed by atoms with Gasteiger partial charge < -0.3 is 20.3 Å². The minimum absolute atomic E-state index is 0.274. The van der Waals surface area contributed by atoms with E-state index in [9.17, 15) is 4.79 Å². The molecule has 9 nitrogen and oxygen atoms in total. The van der Waals surface area contributed by atoms with Crippen LogP contribution in [0.3, 0.4) is 0 Å². The van der Waals surface area contributed by atoms with Crippen LogP contribution in [-0.4, -0.2) is 52.1 Å². The molecule has 184 valence electrons. The first kappa shape index (κ1) is 24.1. The van der Waals surface area contributed by atoms with Crippen LogP contribution >= 0.6 is 22.9 Å². The summed E-state index contributed by atoms with van der Waals surface area (Å²) in [6.07, 6.45) is 3.32. The minimum Gasteiger partial charge on any atom is -0.378 e. The number of thiazole rings is 1. The van der Waals surface area contributed by atoms with Gasteiger partial charge in [0.05, 0.1) is 35.8 Å². The number of hydrogen-bond acceptors (Lipinski definition) is 9. The summed E-state index contributed by atoms with van der Waals surface area (Å²) in [4.78, 5) is 33.4. The molecule has 1 saturated heterocycles. The highest BCUT2D eigenvalue weighted by Gasteiger charge is 2.16. The number of nitrogens with one attached hydrogen (secondary N) is 2. The quantitative estimate of drug-likeness (QED) is 0.361. The molecule has 36 heavy (non-hydrogen) atoms. The number of morpholine rings is 1. The molecule has 0 atom stereocenters. The number of carbonyl (C=O) groups is 1. The second-order valence-electron chi connectivity index (χ2n) is 8.23. The Hall–Kier alpha value is -3.60. The fraction of sp³-hybridized carbons (Fsp3) is 0.240. The number of halogens is 1. The molecule has 0 spiro atoms. The largest absolute Gasteiger partial charge is 0.378 e. The van der Waals surface area contributed by atoms with Gasteiger partial charge in [0.25, 0.3) is 5.91 Å². The maximum atomic E-state index is 12.8. The molecule has 0 bridgehead atoms. The predicted octanol–water partition coefficient (Wildman–Crippen LogP) is 5.10. The van der Waals surface area contributed by atoms with Crippen LogP contribution in [0.4, 0.5) is 22.5 Å². The smallest absolute Gasteiger partial charge is 0.267 e. The molecule has 0 aliphatic carbocycles. The first-order chi connectivity index (χ1) is 17.5. The normalized spacial score (nSPS) is 13.5. The van der Waals surface area contributed by atoms with Crippen LogP contribution in [0.25, 0.3) is 11.3 Å². The number of para-hydroxylation sites is 1. The number of rotatable bonds is 6. The summed E-state index contributed by atoms with van der Waals surface area (Å²) < 4.78 is 5.45. The van der Waals surface area contributed by atoms with Gasteiger partial charge in [0.2, 0.25) is 0 Å². The molecule has 1 aliphatic rings. The van der Waals surface area contributed by atoms with Gasteiger partial charge in [-0.2, -0.15) is 0 Å². The summed E-state index contributed by atoms with van der Waals surface area (Å²) in [5, 5.41) is 7.11. The molecular formula is C25H24ClN7O2S. The molecule has 0 unspecified atom stereocenters. The second kappa shape index (κ2) is 10.6. The van der Waals surface area contributed by atoms with Crippen molar-refractivity contribution in [3.63, 3.8) is 0 Å². The van der Waals surface area contributed by atoms with Crippen molar-refractivity contribution in [2.24, 2.45) is 0 Å². The van der Waals surface area contributed by atoms with Crippen molar-refractivity contribution in [1.29, 1.82) is 0 Å². The zero-order valence-electron chi connectivity index (χ0n) is 19.8. The van der Waals surface area contributed by atoms with Crippen LogP contribution in [0.15, 0.2) is 48.8 Å². The van der Waals surface area contributed by atoms with Crippen LogP contribution < -0.4 is 15.5 Å². The Kier molecular flexibility index (Phi) is 7.08. The van der Waals surface area contributed by atoms with E-state index in [1.807, 2.05) is 44.2 Å². The van der Waals surface area contributed by atoms with Gasteiger partial charge in [-0.25, -0.2) is 19.9 Å². The number of carbonyl (C=O) groups excluding carboxylic acids is 1. The van der Waals surface area contributed by atoms with E-state index in [2.05, 4.69) is 35.5 Å². The Labute approximate surface area is 217 Å². The van der Waals surface area contributed by atoms with Crippen molar-refractivity contribution >= 4 is 51.3 Å². The van der Waals surface area contributed by atoms with Gasteiger partial charge in [-0.05, 0) is 37.6 Å². The fourth-order valence-electron chi connectivity index (χ4n) is 3.83. The molecule has 4 aromatic rings. The zero-order chi connectivity index (χ0) is 25.1.